The van der Waals surface area contributed by atoms with Gasteiger partial charge in [-0.1, -0.05) is 27.7 Å². The first-order valence-electron chi connectivity index (χ1n) is 8.54. The molecular formula is C17H37N3. The first-order chi connectivity index (χ1) is 9.42. The van der Waals surface area contributed by atoms with Crippen molar-refractivity contribution in [1.82, 2.24) is 15.1 Å². The van der Waals surface area contributed by atoms with E-state index >= 15 is 0 Å². The lowest BCUT2D eigenvalue weighted by atomic mass is 9.81. The molecule has 0 amide bonds. The van der Waals surface area contributed by atoms with Crippen molar-refractivity contribution in [3.05, 3.63) is 0 Å². The third kappa shape index (κ3) is 5.34. The zero-order valence-electron chi connectivity index (χ0n) is 14.7. The molecular weight excluding hydrogens is 246 g/mol. The fourth-order valence-corrected chi connectivity index (χ4v) is 3.27. The first kappa shape index (κ1) is 17.9. The Morgan fingerprint density at radius 3 is 2.40 bits per heavy atom. The average Bonchev–Trinajstić information content (AvgIpc) is 2.43. The molecule has 0 aliphatic carbocycles. The minimum atomic E-state index is 0.443. The molecule has 1 aliphatic rings. The molecule has 1 saturated heterocycles. The maximum atomic E-state index is 3.67. The van der Waals surface area contributed by atoms with Crippen LogP contribution < -0.4 is 5.32 Å². The Hall–Kier alpha value is -0.120. The molecule has 0 saturated carbocycles. The predicted octanol–water partition coefficient (Wildman–Crippen LogP) is 2.82. The Kier molecular flexibility index (Phi) is 7.49. The summed E-state index contributed by atoms with van der Waals surface area (Å²) in [5, 5.41) is 3.67. The number of nitrogens with one attached hydrogen (secondary N) is 1. The molecule has 0 aromatic carbocycles. The van der Waals surface area contributed by atoms with E-state index in [1.807, 2.05) is 0 Å². The van der Waals surface area contributed by atoms with Crippen LogP contribution in [0, 0.1) is 5.41 Å². The summed E-state index contributed by atoms with van der Waals surface area (Å²) in [7, 11) is 4.45. The van der Waals surface area contributed by atoms with Crippen molar-refractivity contribution in [3.8, 4) is 0 Å². The third-order valence-electron chi connectivity index (χ3n) is 5.16. The van der Waals surface area contributed by atoms with Crippen LogP contribution in [0.15, 0.2) is 0 Å². The van der Waals surface area contributed by atoms with Crippen molar-refractivity contribution in [1.29, 1.82) is 0 Å². The van der Waals surface area contributed by atoms with Gasteiger partial charge in [0.2, 0.25) is 0 Å². The molecule has 1 unspecified atom stereocenters. The van der Waals surface area contributed by atoms with Gasteiger partial charge in [-0.05, 0) is 51.7 Å². The van der Waals surface area contributed by atoms with Crippen LogP contribution in [-0.2, 0) is 0 Å². The summed E-state index contributed by atoms with van der Waals surface area (Å²) in [5.41, 5.74) is 0.443. The highest BCUT2D eigenvalue weighted by molar-refractivity contribution is 4.87. The standard InChI is InChI=1S/C17H37N3/c1-7-17(8-2,13-18-15(3)4)14-20-11-9-10-16(12-20)19(5)6/h15-16,18H,7-14H2,1-6H3. The zero-order chi connectivity index (χ0) is 15.2. The van der Waals surface area contributed by atoms with Gasteiger partial charge in [0.15, 0.2) is 0 Å². The van der Waals surface area contributed by atoms with Crippen LogP contribution in [0.4, 0.5) is 0 Å². The quantitative estimate of drug-likeness (QED) is 0.739. The van der Waals surface area contributed by atoms with Crippen LogP contribution in [-0.4, -0.2) is 62.2 Å². The summed E-state index contributed by atoms with van der Waals surface area (Å²) in [6.07, 6.45) is 5.25. The van der Waals surface area contributed by atoms with E-state index in [0.717, 1.165) is 12.6 Å². The highest BCUT2D eigenvalue weighted by Crippen LogP contribution is 2.29. The molecule has 3 heteroatoms. The molecule has 1 aliphatic heterocycles. The van der Waals surface area contributed by atoms with Crippen LogP contribution in [0.2, 0.25) is 0 Å². The Bertz CT molecular complexity index is 259. The SMILES string of the molecule is CCC(CC)(CNC(C)C)CN1CCCC(N(C)C)C1. The number of nitrogens with zero attached hydrogens (tertiary/aromatic N) is 2. The van der Waals surface area contributed by atoms with Gasteiger partial charge in [-0.15, -0.1) is 0 Å². The fourth-order valence-electron chi connectivity index (χ4n) is 3.27. The Labute approximate surface area is 127 Å². The Morgan fingerprint density at radius 1 is 1.25 bits per heavy atom. The van der Waals surface area contributed by atoms with E-state index < -0.39 is 0 Å². The maximum Gasteiger partial charge on any atom is 0.0217 e. The molecule has 120 valence electrons. The molecule has 0 radical (unpaired) electrons. The lowest BCUT2D eigenvalue weighted by Crippen LogP contribution is -2.51. The number of likely N-dealkylation sites (N-methyl/N-ethyl adjacent to an activating group) is 1. The van der Waals surface area contributed by atoms with Crippen molar-refractivity contribution in [2.24, 2.45) is 5.41 Å². The Morgan fingerprint density at radius 2 is 1.90 bits per heavy atom. The van der Waals surface area contributed by atoms with Gasteiger partial charge in [0, 0.05) is 31.7 Å². The largest absolute Gasteiger partial charge is 0.314 e. The highest BCUT2D eigenvalue weighted by atomic mass is 15.2. The number of piperidine rings is 1. The van der Waals surface area contributed by atoms with E-state index in [4.69, 9.17) is 0 Å². The van der Waals surface area contributed by atoms with E-state index in [9.17, 15) is 0 Å². The molecule has 1 atom stereocenters. The van der Waals surface area contributed by atoms with Crippen LogP contribution in [0.25, 0.3) is 0 Å². The molecule has 0 spiro atoms. The maximum absolute atomic E-state index is 3.67. The van der Waals surface area contributed by atoms with E-state index in [1.54, 1.807) is 0 Å². The van der Waals surface area contributed by atoms with E-state index in [0.29, 0.717) is 11.5 Å². The molecule has 1 N–H and O–H groups in total. The van der Waals surface area contributed by atoms with Crippen LogP contribution >= 0.6 is 0 Å². The minimum absolute atomic E-state index is 0.443. The van der Waals surface area contributed by atoms with Crippen LogP contribution in [0.5, 0.6) is 0 Å². The van der Waals surface area contributed by atoms with Gasteiger partial charge in [-0.3, -0.25) is 0 Å². The average molecular weight is 284 g/mol. The van der Waals surface area contributed by atoms with Crippen molar-refractivity contribution in [2.75, 3.05) is 40.3 Å². The van der Waals surface area contributed by atoms with Crippen LogP contribution in [0.3, 0.4) is 0 Å². The number of hydrogen-bond acceptors (Lipinski definition) is 3. The van der Waals surface area contributed by atoms with E-state index in [-0.39, 0.29) is 0 Å². The van der Waals surface area contributed by atoms with Crippen molar-refractivity contribution >= 4 is 0 Å². The molecule has 1 fully saturated rings. The predicted molar refractivity (Wildman–Crippen MR) is 89.3 cm³/mol. The zero-order valence-corrected chi connectivity index (χ0v) is 14.7. The summed E-state index contributed by atoms with van der Waals surface area (Å²) in [6.45, 7) is 14.2. The van der Waals surface area contributed by atoms with Crippen molar-refractivity contribution in [2.45, 2.75) is 65.5 Å². The smallest absolute Gasteiger partial charge is 0.0217 e. The van der Waals surface area contributed by atoms with Gasteiger partial charge in [0.1, 0.15) is 0 Å². The monoisotopic (exact) mass is 283 g/mol. The summed E-state index contributed by atoms with van der Waals surface area (Å²) in [4.78, 5) is 5.11. The molecule has 0 aromatic heterocycles. The van der Waals surface area contributed by atoms with Gasteiger partial charge in [-0.2, -0.15) is 0 Å². The highest BCUT2D eigenvalue weighted by Gasteiger charge is 2.31. The Balaban J connectivity index is 2.59. The van der Waals surface area contributed by atoms with Crippen molar-refractivity contribution in [3.63, 3.8) is 0 Å². The second-order valence-corrected chi connectivity index (χ2v) is 7.24. The molecule has 1 rings (SSSR count). The van der Waals surface area contributed by atoms with Gasteiger partial charge in [0.05, 0.1) is 0 Å². The van der Waals surface area contributed by atoms with E-state index in [2.05, 4.69) is 56.9 Å². The second-order valence-electron chi connectivity index (χ2n) is 7.24. The summed E-state index contributed by atoms with van der Waals surface area (Å²) in [6, 6.07) is 1.33. The minimum Gasteiger partial charge on any atom is -0.314 e. The topological polar surface area (TPSA) is 18.5 Å². The normalized spacial score (nSPS) is 21.9. The van der Waals surface area contributed by atoms with Gasteiger partial charge in [0.25, 0.3) is 0 Å². The second kappa shape index (κ2) is 8.35. The third-order valence-corrected chi connectivity index (χ3v) is 5.16. The lowest BCUT2D eigenvalue weighted by Gasteiger charge is -2.42. The number of rotatable bonds is 8. The first-order valence-corrected chi connectivity index (χ1v) is 8.54. The summed E-state index contributed by atoms with van der Waals surface area (Å²) in [5.74, 6) is 0. The van der Waals surface area contributed by atoms with E-state index in [1.165, 1.54) is 45.3 Å². The molecule has 3 nitrogen and oxygen atoms in total. The van der Waals surface area contributed by atoms with Gasteiger partial charge >= 0.3 is 0 Å². The molecule has 0 bridgehead atoms. The lowest BCUT2D eigenvalue weighted by molar-refractivity contribution is 0.0769. The fraction of sp³-hybridized carbons (Fsp3) is 1.00. The van der Waals surface area contributed by atoms with Crippen molar-refractivity contribution < 1.29 is 0 Å². The van der Waals surface area contributed by atoms with Crippen LogP contribution in [0.1, 0.15) is 53.4 Å². The molecule has 1 heterocycles. The number of hydrogen-bond donors (Lipinski definition) is 1. The summed E-state index contributed by atoms with van der Waals surface area (Å²) < 4.78 is 0. The molecule has 20 heavy (non-hydrogen) atoms. The summed E-state index contributed by atoms with van der Waals surface area (Å²) >= 11 is 0. The van der Waals surface area contributed by atoms with Gasteiger partial charge < -0.3 is 15.1 Å². The van der Waals surface area contributed by atoms with Gasteiger partial charge in [-0.25, -0.2) is 0 Å². The molecule has 0 aromatic rings. The number of likely N-dealkylation sites (tertiary alicyclic amines) is 1.